The lowest BCUT2D eigenvalue weighted by molar-refractivity contribution is -0.116. The zero-order chi connectivity index (χ0) is 18.7. The highest BCUT2D eigenvalue weighted by Gasteiger charge is 2.13. The number of aryl methyl sites for hydroxylation is 1. The Morgan fingerprint density at radius 2 is 1.92 bits per heavy atom. The molecule has 1 aromatic heterocycles. The molecule has 0 bridgehead atoms. The van der Waals surface area contributed by atoms with E-state index in [9.17, 15) is 9.59 Å². The molecule has 0 saturated carbocycles. The van der Waals surface area contributed by atoms with Gasteiger partial charge in [-0.3, -0.25) is 4.79 Å². The normalized spacial score (nSPS) is 10.7. The highest BCUT2D eigenvalue weighted by Crippen LogP contribution is 2.24. The van der Waals surface area contributed by atoms with Gasteiger partial charge in [0.2, 0.25) is 5.91 Å². The molecule has 3 aromatic rings. The third kappa shape index (κ3) is 3.89. The van der Waals surface area contributed by atoms with Gasteiger partial charge < -0.3 is 14.5 Å². The summed E-state index contributed by atoms with van der Waals surface area (Å²) < 4.78 is 10.5. The Morgan fingerprint density at radius 1 is 1.19 bits per heavy atom. The van der Waals surface area contributed by atoms with Gasteiger partial charge in [0, 0.05) is 34.1 Å². The van der Waals surface area contributed by atoms with Gasteiger partial charge in [0.1, 0.15) is 11.3 Å². The molecule has 0 aliphatic rings. The first-order valence-electron chi connectivity index (χ1n) is 8.13. The van der Waals surface area contributed by atoms with E-state index in [-0.39, 0.29) is 12.3 Å². The van der Waals surface area contributed by atoms with Crippen molar-refractivity contribution >= 4 is 34.2 Å². The standard InChI is InChI=1S/C20H18ClNO4/c1-12-16-8-7-15(25-2)11-18(16)26-20(24)17(12)9-10-19(23)22-14-5-3-13(21)4-6-14/h3-8,11H,9-10H2,1-2H3,(H,22,23). The molecule has 1 N–H and O–H groups in total. The van der Waals surface area contributed by atoms with E-state index in [1.807, 2.05) is 19.1 Å². The van der Waals surface area contributed by atoms with Gasteiger partial charge in [-0.1, -0.05) is 11.6 Å². The second kappa shape index (κ2) is 7.62. The average Bonchev–Trinajstić information content (AvgIpc) is 2.63. The van der Waals surface area contributed by atoms with Gasteiger partial charge in [-0.2, -0.15) is 0 Å². The monoisotopic (exact) mass is 371 g/mol. The molecule has 0 spiro atoms. The number of anilines is 1. The number of hydrogen-bond acceptors (Lipinski definition) is 4. The zero-order valence-electron chi connectivity index (χ0n) is 14.5. The van der Waals surface area contributed by atoms with Crippen LogP contribution in [-0.4, -0.2) is 13.0 Å². The first-order chi connectivity index (χ1) is 12.5. The van der Waals surface area contributed by atoms with Crippen molar-refractivity contribution in [3.8, 4) is 5.75 Å². The minimum atomic E-state index is -0.428. The lowest BCUT2D eigenvalue weighted by Crippen LogP contribution is -2.16. The zero-order valence-corrected chi connectivity index (χ0v) is 15.2. The fourth-order valence-corrected chi connectivity index (χ4v) is 2.91. The predicted octanol–water partition coefficient (Wildman–Crippen LogP) is 4.33. The number of nitrogens with one attached hydrogen (secondary N) is 1. The van der Waals surface area contributed by atoms with Crippen LogP contribution in [-0.2, 0) is 11.2 Å². The molecule has 0 radical (unpaired) electrons. The summed E-state index contributed by atoms with van der Waals surface area (Å²) in [6.07, 6.45) is 0.478. The molecule has 0 fully saturated rings. The minimum Gasteiger partial charge on any atom is -0.497 e. The van der Waals surface area contributed by atoms with E-state index in [2.05, 4.69) is 5.32 Å². The van der Waals surface area contributed by atoms with Gasteiger partial charge >= 0.3 is 5.63 Å². The topological polar surface area (TPSA) is 68.5 Å². The van der Waals surface area contributed by atoms with Crippen LogP contribution in [0.2, 0.25) is 5.02 Å². The number of rotatable bonds is 5. The maximum absolute atomic E-state index is 12.3. The fraction of sp³-hybridized carbons (Fsp3) is 0.200. The molecule has 5 nitrogen and oxygen atoms in total. The maximum Gasteiger partial charge on any atom is 0.339 e. The number of fused-ring (bicyclic) bond motifs is 1. The number of hydrogen-bond donors (Lipinski definition) is 1. The SMILES string of the molecule is COc1ccc2c(C)c(CCC(=O)Nc3ccc(Cl)cc3)c(=O)oc2c1. The van der Waals surface area contributed by atoms with Gasteiger partial charge in [0.15, 0.2) is 0 Å². The van der Waals surface area contributed by atoms with Crippen molar-refractivity contribution in [2.75, 3.05) is 12.4 Å². The number of ether oxygens (including phenoxy) is 1. The summed E-state index contributed by atoms with van der Waals surface area (Å²) in [5, 5.41) is 4.22. The van der Waals surface area contributed by atoms with Crippen LogP contribution in [0.3, 0.4) is 0 Å². The van der Waals surface area contributed by atoms with Crippen molar-refractivity contribution in [3.63, 3.8) is 0 Å². The lowest BCUT2D eigenvalue weighted by Gasteiger charge is -2.09. The van der Waals surface area contributed by atoms with Crippen LogP contribution >= 0.6 is 11.6 Å². The molecule has 134 valence electrons. The summed E-state index contributed by atoms with van der Waals surface area (Å²) in [7, 11) is 1.56. The van der Waals surface area contributed by atoms with Gasteiger partial charge in [-0.25, -0.2) is 4.79 Å². The van der Waals surface area contributed by atoms with E-state index in [1.54, 1.807) is 37.4 Å². The Kier molecular flexibility index (Phi) is 5.28. The van der Waals surface area contributed by atoms with Crippen LogP contribution in [0, 0.1) is 6.92 Å². The molecule has 0 unspecified atom stereocenters. The van der Waals surface area contributed by atoms with E-state index >= 15 is 0 Å². The number of amides is 1. The van der Waals surface area contributed by atoms with Crippen molar-refractivity contribution in [2.45, 2.75) is 19.8 Å². The van der Waals surface area contributed by atoms with Crippen molar-refractivity contribution in [1.82, 2.24) is 0 Å². The van der Waals surface area contributed by atoms with Gasteiger partial charge in [0.25, 0.3) is 0 Å². The van der Waals surface area contributed by atoms with Crippen LogP contribution in [0.4, 0.5) is 5.69 Å². The molecule has 0 atom stereocenters. The highest BCUT2D eigenvalue weighted by atomic mass is 35.5. The Labute approximate surface area is 155 Å². The van der Waals surface area contributed by atoms with E-state index in [0.29, 0.717) is 34.0 Å². The summed E-state index contributed by atoms with van der Waals surface area (Å²) in [5.41, 5.74) is 2.03. The number of benzene rings is 2. The third-order valence-corrected chi connectivity index (χ3v) is 4.48. The largest absolute Gasteiger partial charge is 0.497 e. The highest BCUT2D eigenvalue weighted by molar-refractivity contribution is 6.30. The minimum absolute atomic E-state index is 0.176. The molecular formula is C20H18ClNO4. The van der Waals surface area contributed by atoms with Crippen molar-refractivity contribution in [1.29, 1.82) is 0 Å². The maximum atomic E-state index is 12.3. The van der Waals surface area contributed by atoms with Crippen molar-refractivity contribution in [3.05, 3.63) is 69.0 Å². The Balaban J connectivity index is 1.77. The lowest BCUT2D eigenvalue weighted by atomic mass is 10.0. The van der Waals surface area contributed by atoms with Crippen molar-refractivity contribution < 1.29 is 13.9 Å². The van der Waals surface area contributed by atoms with E-state index < -0.39 is 5.63 Å². The Morgan fingerprint density at radius 3 is 2.62 bits per heavy atom. The van der Waals surface area contributed by atoms with Gasteiger partial charge in [0.05, 0.1) is 7.11 Å². The summed E-state index contributed by atoms with van der Waals surface area (Å²) in [4.78, 5) is 24.5. The summed E-state index contributed by atoms with van der Waals surface area (Å²) in [6.45, 7) is 1.86. The smallest absolute Gasteiger partial charge is 0.339 e. The van der Waals surface area contributed by atoms with Crippen molar-refractivity contribution in [2.24, 2.45) is 0 Å². The Bertz CT molecular complexity index is 1010. The molecule has 2 aromatic carbocycles. The van der Waals surface area contributed by atoms with E-state index in [0.717, 1.165) is 10.9 Å². The molecule has 26 heavy (non-hydrogen) atoms. The van der Waals surface area contributed by atoms with E-state index in [1.165, 1.54) is 0 Å². The first-order valence-corrected chi connectivity index (χ1v) is 8.51. The van der Waals surface area contributed by atoms with Crippen LogP contribution in [0.25, 0.3) is 11.0 Å². The van der Waals surface area contributed by atoms with Crippen LogP contribution in [0.1, 0.15) is 17.5 Å². The number of carbonyl (C=O) groups is 1. The molecule has 0 aliphatic heterocycles. The summed E-state index contributed by atoms with van der Waals surface area (Å²) in [6, 6.07) is 12.2. The summed E-state index contributed by atoms with van der Waals surface area (Å²) in [5.74, 6) is 0.441. The van der Waals surface area contributed by atoms with Gasteiger partial charge in [-0.15, -0.1) is 0 Å². The molecule has 0 aliphatic carbocycles. The first kappa shape index (κ1) is 18.0. The third-order valence-electron chi connectivity index (χ3n) is 4.22. The molecule has 3 rings (SSSR count). The van der Waals surface area contributed by atoms with Gasteiger partial charge in [-0.05, 0) is 55.3 Å². The second-order valence-corrected chi connectivity index (χ2v) is 6.35. The van der Waals surface area contributed by atoms with Crippen LogP contribution in [0.5, 0.6) is 5.75 Å². The molecule has 1 amide bonds. The fourth-order valence-electron chi connectivity index (χ4n) is 2.79. The Hall–Kier alpha value is -2.79. The molecular weight excluding hydrogens is 354 g/mol. The number of carbonyl (C=O) groups excluding carboxylic acids is 1. The molecule has 0 saturated heterocycles. The quantitative estimate of drug-likeness (QED) is 0.677. The second-order valence-electron chi connectivity index (χ2n) is 5.91. The summed E-state index contributed by atoms with van der Waals surface area (Å²) >= 11 is 5.83. The number of methoxy groups -OCH3 is 1. The predicted molar refractivity (Wildman–Crippen MR) is 102 cm³/mol. The number of halogens is 1. The van der Waals surface area contributed by atoms with E-state index in [4.69, 9.17) is 20.8 Å². The molecule has 6 heteroatoms. The van der Waals surface area contributed by atoms with Crippen LogP contribution in [0.15, 0.2) is 51.7 Å². The average molecular weight is 372 g/mol. The molecule has 1 heterocycles. The van der Waals surface area contributed by atoms with Crippen LogP contribution < -0.4 is 15.7 Å².